The molecule has 1 aliphatic rings. The summed E-state index contributed by atoms with van der Waals surface area (Å²) in [5, 5.41) is 3.28. The van der Waals surface area contributed by atoms with Gasteiger partial charge in [0.25, 0.3) is 0 Å². The SMILES string of the molecule is CCOC(=O)Cc1ccc(NC(=O)N2C[C@H](C)Sc3ccccc32)cc1. The van der Waals surface area contributed by atoms with Crippen molar-refractivity contribution in [2.75, 3.05) is 23.4 Å². The summed E-state index contributed by atoms with van der Waals surface area (Å²) in [6, 6.07) is 15.1. The molecule has 2 aromatic rings. The van der Waals surface area contributed by atoms with Gasteiger partial charge in [-0.2, -0.15) is 0 Å². The summed E-state index contributed by atoms with van der Waals surface area (Å²) in [5.74, 6) is -0.249. The van der Waals surface area contributed by atoms with Crippen LogP contribution in [0.3, 0.4) is 0 Å². The summed E-state index contributed by atoms with van der Waals surface area (Å²) in [7, 11) is 0. The van der Waals surface area contributed by atoms with Crippen LogP contribution >= 0.6 is 11.8 Å². The zero-order chi connectivity index (χ0) is 18.5. The summed E-state index contributed by atoms with van der Waals surface area (Å²) in [6.45, 7) is 4.94. The van der Waals surface area contributed by atoms with Crippen molar-refractivity contribution in [3.8, 4) is 0 Å². The number of anilines is 2. The number of nitrogens with zero attached hydrogens (tertiary/aromatic N) is 1. The van der Waals surface area contributed by atoms with Crippen molar-refractivity contribution in [2.24, 2.45) is 0 Å². The zero-order valence-corrected chi connectivity index (χ0v) is 15.7. The molecular weight excluding hydrogens is 348 g/mol. The van der Waals surface area contributed by atoms with Gasteiger partial charge in [0.1, 0.15) is 0 Å². The molecule has 0 aromatic heterocycles. The highest BCUT2D eigenvalue weighted by molar-refractivity contribution is 8.00. The second-order valence-corrected chi connectivity index (χ2v) is 7.60. The first-order valence-electron chi connectivity index (χ1n) is 8.65. The fourth-order valence-corrected chi connectivity index (χ4v) is 3.97. The lowest BCUT2D eigenvalue weighted by Crippen LogP contribution is -2.41. The molecule has 5 nitrogen and oxygen atoms in total. The Kier molecular flexibility index (Phi) is 5.83. The molecule has 1 aliphatic heterocycles. The maximum atomic E-state index is 12.8. The summed E-state index contributed by atoms with van der Waals surface area (Å²) < 4.78 is 4.95. The first-order chi connectivity index (χ1) is 12.6. The summed E-state index contributed by atoms with van der Waals surface area (Å²) in [5.41, 5.74) is 2.49. The van der Waals surface area contributed by atoms with Gasteiger partial charge in [-0.15, -0.1) is 11.8 Å². The lowest BCUT2D eigenvalue weighted by atomic mass is 10.1. The van der Waals surface area contributed by atoms with Crippen LogP contribution < -0.4 is 10.2 Å². The van der Waals surface area contributed by atoms with Crippen molar-refractivity contribution in [1.29, 1.82) is 0 Å². The Bertz CT molecular complexity index is 792. The number of hydrogen-bond acceptors (Lipinski definition) is 4. The third kappa shape index (κ3) is 4.38. The highest BCUT2D eigenvalue weighted by Crippen LogP contribution is 2.38. The van der Waals surface area contributed by atoms with E-state index in [-0.39, 0.29) is 18.4 Å². The average Bonchev–Trinajstić information content (AvgIpc) is 2.62. The number of benzene rings is 2. The van der Waals surface area contributed by atoms with E-state index in [1.165, 1.54) is 0 Å². The van der Waals surface area contributed by atoms with E-state index < -0.39 is 0 Å². The molecule has 0 radical (unpaired) electrons. The van der Waals surface area contributed by atoms with Crippen molar-refractivity contribution >= 4 is 35.1 Å². The van der Waals surface area contributed by atoms with Crippen LogP contribution in [0.5, 0.6) is 0 Å². The topological polar surface area (TPSA) is 58.6 Å². The Morgan fingerprint density at radius 1 is 1.19 bits per heavy atom. The number of nitrogens with one attached hydrogen (secondary N) is 1. The number of hydrogen-bond donors (Lipinski definition) is 1. The Hall–Kier alpha value is -2.47. The summed E-state index contributed by atoms with van der Waals surface area (Å²) in [4.78, 5) is 27.2. The predicted octanol–water partition coefficient (Wildman–Crippen LogP) is 4.32. The van der Waals surface area contributed by atoms with E-state index in [2.05, 4.69) is 12.2 Å². The van der Waals surface area contributed by atoms with Gasteiger partial charge in [-0.1, -0.05) is 31.2 Å². The number of urea groups is 1. The fraction of sp³-hybridized carbons (Fsp3) is 0.300. The molecule has 1 N–H and O–H groups in total. The molecule has 0 spiro atoms. The minimum atomic E-state index is -0.249. The van der Waals surface area contributed by atoms with Crippen molar-refractivity contribution in [1.82, 2.24) is 0 Å². The van der Waals surface area contributed by atoms with Crippen molar-refractivity contribution in [3.05, 3.63) is 54.1 Å². The monoisotopic (exact) mass is 370 g/mol. The minimum Gasteiger partial charge on any atom is -0.466 e. The van der Waals surface area contributed by atoms with Gasteiger partial charge in [0, 0.05) is 22.4 Å². The molecule has 0 bridgehead atoms. The number of rotatable bonds is 4. The van der Waals surface area contributed by atoms with Crippen LogP contribution in [0.2, 0.25) is 0 Å². The van der Waals surface area contributed by atoms with Gasteiger partial charge in [-0.25, -0.2) is 4.79 Å². The number of carbonyl (C=O) groups excluding carboxylic acids is 2. The lowest BCUT2D eigenvalue weighted by molar-refractivity contribution is -0.142. The number of amides is 2. The second-order valence-electron chi connectivity index (χ2n) is 6.12. The normalized spacial score (nSPS) is 15.9. The Morgan fingerprint density at radius 3 is 2.65 bits per heavy atom. The number of esters is 1. The number of carbonyl (C=O) groups is 2. The lowest BCUT2D eigenvalue weighted by Gasteiger charge is -2.32. The number of ether oxygens (including phenoxy) is 1. The summed E-state index contributed by atoms with van der Waals surface area (Å²) >= 11 is 1.79. The van der Waals surface area contributed by atoms with Gasteiger partial charge in [-0.05, 0) is 36.8 Å². The Balaban J connectivity index is 1.68. The maximum absolute atomic E-state index is 12.8. The molecule has 0 aliphatic carbocycles. The van der Waals surface area contributed by atoms with Gasteiger partial charge in [0.2, 0.25) is 0 Å². The fourth-order valence-electron chi connectivity index (χ4n) is 2.86. The molecule has 3 rings (SSSR count). The van der Waals surface area contributed by atoms with Crippen LogP contribution in [0.15, 0.2) is 53.4 Å². The van der Waals surface area contributed by atoms with E-state index in [1.54, 1.807) is 35.7 Å². The molecule has 0 saturated heterocycles. The van der Waals surface area contributed by atoms with Gasteiger partial charge >= 0.3 is 12.0 Å². The molecule has 1 atom stereocenters. The van der Waals surface area contributed by atoms with E-state index in [9.17, 15) is 9.59 Å². The van der Waals surface area contributed by atoms with E-state index in [0.29, 0.717) is 24.1 Å². The van der Waals surface area contributed by atoms with Gasteiger partial charge in [-0.3, -0.25) is 9.69 Å². The molecule has 0 fully saturated rings. The van der Waals surface area contributed by atoms with Gasteiger partial charge in [0.15, 0.2) is 0 Å². The van der Waals surface area contributed by atoms with Crippen LogP contribution in [0.4, 0.5) is 16.2 Å². The highest BCUT2D eigenvalue weighted by Gasteiger charge is 2.26. The third-order valence-electron chi connectivity index (χ3n) is 4.03. The number of fused-ring (bicyclic) bond motifs is 1. The molecule has 0 unspecified atom stereocenters. The highest BCUT2D eigenvalue weighted by atomic mass is 32.2. The van der Waals surface area contributed by atoms with E-state index in [1.807, 2.05) is 36.4 Å². The van der Waals surface area contributed by atoms with Crippen LogP contribution in [0, 0.1) is 0 Å². The van der Waals surface area contributed by atoms with Crippen molar-refractivity contribution in [2.45, 2.75) is 30.4 Å². The van der Waals surface area contributed by atoms with Crippen molar-refractivity contribution < 1.29 is 14.3 Å². The standard InChI is InChI=1S/C20H22N2O3S/c1-3-25-19(23)12-15-8-10-16(11-9-15)21-20(24)22-13-14(2)26-18-7-5-4-6-17(18)22/h4-11,14H,3,12-13H2,1-2H3,(H,21,24)/t14-/m0/s1. The Morgan fingerprint density at radius 2 is 1.92 bits per heavy atom. The molecule has 0 saturated carbocycles. The van der Waals surface area contributed by atoms with E-state index >= 15 is 0 Å². The molecule has 136 valence electrons. The van der Waals surface area contributed by atoms with Crippen LogP contribution in [0.1, 0.15) is 19.4 Å². The van der Waals surface area contributed by atoms with E-state index in [4.69, 9.17) is 4.74 Å². The van der Waals surface area contributed by atoms with Crippen LogP contribution in [0.25, 0.3) is 0 Å². The smallest absolute Gasteiger partial charge is 0.326 e. The second kappa shape index (κ2) is 8.27. The third-order valence-corrected chi connectivity index (χ3v) is 5.18. The zero-order valence-electron chi connectivity index (χ0n) is 14.9. The molecule has 6 heteroatoms. The van der Waals surface area contributed by atoms with Gasteiger partial charge in [0.05, 0.1) is 18.7 Å². The first kappa shape index (κ1) is 18.3. The molecular formula is C20H22N2O3S. The largest absolute Gasteiger partial charge is 0.466 e. The van der Waals surface area contributed by atoms with Crippen molar-refractivity contribution in [3.63, 3.8) is 0 Å². The van der Waals surface area contributed by atoms with Gasteiger partial charge < -0.3 is 10.1 Å². The Labute approximate surface area is 157 Å². The molecule has 26 heavy (non-hydrogen) atoms. The van der Waals surface area contributed by atoms with Crippen LogP contribution in [-0.4, -0.2) is 30.4 Å². The van der Waals surface area contributed by atoms with Crippen LogP contribution in [-0.2, 0) is 16.0 Å². The number of thioether (sulfide) groups is 1. The summed E-state index contributed by atoms with van der Waals surface area (Å²) in [6.07, 6.45) is 0.232. The van der Waals surface area contributed by atoms with E-state index in [0.717, 1.165) is 16.1 Å². The molecule has 2 amide bonds. The molecule has 2 aromatic carbocycles. The maximum Gasteiger partial charge on any atom is 0.326 e. The minimum absolute atomic E-state index is 0.150. The first-order valence-corrected chi connectivity index (χ1v) is 9.53. The molecule has 1 heterocycles. The quantitative estimate of drug-likeness (QED) is 0.814. The predicted molar refractivity (Wildman–Crippen MR) is 105 cm³/mol. The number of para-hydroxylation sites is 1. The average molecular weight is 370 g/mol.